The van der Waals surface area contributed by atoms with E-state index in [0.29, 0.717) is 12.0 Å². The molecule has 1 aliphatic rings. The van der Waals surface area contributed by atoms with E-state index in [-0.39, 0.29) is 40.0 Å². The van der Waals surface area contributed by atoms with Crippen molar-refractivity contribution in [3.8, 4) is 17.2 Å². The SMILES string of the molecule is C/C=C(/CC)Cc1cc2c(c(O)c1C(=O)OC)C(=O)c1c(O)cc(O)cc1C2=O. The lowest BCUT2D eigenvalue weighted by Crippen LogP contribution is -2.23. The minimum absolute atomic E-state index is 0.0980. The number of ketones is 2. The molecule has 0 fully saturated rings. The zero-order valence-corrected chi connectivity index (χ0v) is 16.2. The van der Waals surface area contributed by atoms with Gasteiger partial charge in [0.25, 0.3) is 0 Å². The number of hydrogen-bond donors (Lipinski definition) is 3. The number of ether oxygens (including phenoxy) is 1. The third-order valence-electron chi connectivity index (χ3n) is 5.10. The molecule has 0 unspecified atom stereocenters. The second-order valence-electron chi connectivity index (χ2n) is 6.70. The third-order valence-corrected chi connectivity index (χ3v) is 5.10. The Bertz CT molecular complexity index is 1090. The molecule has 0 amide bonds. The van der Waals surface area contributed by atoms with Gasteiger partial charge in [0.05, 0.1) is 18.2 Å². The van der Waals surface area contributed by atoms with Crippen molar-refractivity contribution < 1.29 is 34.4 Å². The first-order chi connectivity index (χ1) is 13.7. The molecule has 0 spiro atoms. The molecule has 0 bridgehead atoms. The summed E-state index contributed by atoms with van der Waals surface area (Å²) in [6.45, 7) is 3.77. The first kappa shape index (κ1) is 20.1. The number of esters is 1. The van der Waals surface area contributed by atoms with Gasteiger partial charge < -0.3 is 20.1 Å². The standard InChI is InChI=1S/C22H20O7/c1-4-10(5-2)6-11-7-13-18(20(26)16(11)22(28)29-3)21(27)17-14(19(13)25)8-12(23)9-15(17)24/h4,7-9,23-24,26H,5-6H2,1-3H3/b10-4-. The zero-order chi connectivity index (χ0) is 21.5. The second kappa shape index (κ2) is 7.43. The first-order valence-electron chi connectivity index (χ1n) is 9.01. The van der Waals surface area contributed by atoms with Crippen LogP contribution in [0, 0.1) is 0 Å². The smallest absolute Gasteiger partial charge is 0.341 e. The number of rotatable bonds is 4. The Balaban J connectivity index is 2.34. The predicted molar refractivity (Wildman–Crippen MR) is 104 cm³/mol. The number of fused-ring (bicyclic) bond motifs is 2. The fraction of sp³-hybridized carbons (Fsp3) is 0.227. The fourth-order valence-electron chi connectivity index (χ4n) is 3.58. The van der Waals surface area contributed by atoms with Gasteiger partial charge in [-0.15, -0.1) is 0 Å². The maximum absolute atomic E-state index is 13.0. The number of methoxy groups -OCH3 is 1. The predicted octanol–water partition coefficient (Wildman–Crippen LogP) is 3.26. The van der Waals surface area contributed by atoms with Gasteiger partial charge in [0.1, 0.15) is 22.8 Å². The number of phenolic OH excluding ortho intramolecular Hbond substituents is 3. The Hall–Kier alpha value is -3.61. The van der Waals surface area contributed by atoms with Gasteiger partial charge in [0.2, 0.25) is 5.78 Å². The zero-order valence-electron chi connectivity index (χ0n) is 16.2. The number of benzene rings is 2. The van der Waals surface area contributed by atoms with Crippen LogP contribution >= 0.6 is 0 Å². The molecule has 2 aromatic rings. The van der Waals surface area contributed by atoms with Crippen molar-refractivity contribution in [2.75, 3.05) is 7.11 Å². The maximum atomic E-state index is 13.0. The Morgan fingerprint density at radius 2 is 1.69 bits per heavy atom. The summed E-state index contributed by atoms with van der Waals surface area (Å²) in [6.07, 6.45) is 2.83. The molecular formula is C22H20O7. The second-order valence-corrected chi connectivity index (χ2v) is 6.70. The highest BCUT2D eigenvalue weighted by atomic mass is 16.5. The summed E-state index contributed by atoms with van der Waals surface area (Å²) in [5.41, 5.74) is 0.142. The van der Waals surface area contributed by atoms with Gasteiger partial charge >= 0.3 is 5.97 Å². The van der Waals surface area contributed by atoms with E-state index >= 15 is 0 Å². The normalized spacial score (nSPS) is 13.1. The van der Waals surface area contributed by atoms with Crippen molar-refractivity contribution in [1.82, 2.24) is 0 Å². The van der Waals surface area contributed by atoms with E-state index in [1.165, 1.54) is 6.07 Å². The van der Waals surface area contributed by atoms with E-state index in [1.807, 2.05) is 19.9 Å². The van der Waals surface area contributed by atoms with Crippen molar-refractivity contribution in [1.29, 1.82) is 0 Å². The van der Waals surface area contributed by atoms with Crippen molar-refractivity contribution in [2.45, 2.75) is 26.7 Å². The molecule has 3 rings (SSSR count). The number of aromatic hydroxyl groups is 3. The lowest BCUT2D eigenvalue weighted by molar-refractivity contribution is 0.0595. The Kier molecular flexibility index (Phi) is 5.16. The van der Waals surface area contributed by atoms with Crippen LogP contribution in [0.5, 0.6) is 17.2 Å². The van der Waals surface area contributed by atoms with E-state index in [2.05, 4.69) is 0 Å². The van der Waals surface area contributed by atoms with Gasteiger partial charge in [-0.3, -0.25) is 9.59 Å². The van der Waals surface area contributed by atoms with Gasteiger partial charge in [0.15, 0.2) is 5.78 Å². The molecule has 3 N–H and O–H groups in total. The third kappa shape index (κ3) is 3.14. The molecule has 0 radical (unpaired) electrons. The maximum Gasteiger partial charge on any atom is 0.341 e. The lowest BCUT2D eigenvalue weighted by atomic mass is 9.80. The summed E-state index contributed by atoms with van der Waals surface area (Å²) in [5.74, 6) is -3.92. The number of allylic oxidation sites excluding steroid dienone is 2. The monoisotopic (exact) mass is 396 g/mol. The van der Waals surface area contributed by atoms with Crippen molar-refractivity contribution >= 4 is 17.5 Å². The van der Waals surface area contributed by atoms with Crippen LogP contribution in [0.15, 0.2) is 29.8 Å². The highest BCUT2D eigenvalue weighted by Crippen LogP contribution is 2.41. The molecule has 150 valence electrons. The molecule has 0 saturated heterocycles. The summed E-state index contributed by atoms with van der Waals surface area (Å²) in [7, 11) is 1.15. The molecule has 7 nitrogen and oxygen atoms in total. The fourth-order valence-corrected chi connectivity index (χ4v) is 3.58. The van der Waals surface area contributed by atoms with Gasteiger partial charge in [-0.25, -0.2) is 4.79 Å². The van der Waals surface area contributed by atoms with Gasteiger partial charge in [-0.05, 0) is 37.5 Å². The molecule has 1 aliphatic carbocycles. The molecule has 29 heavy (non-hydrogen) atoms. The number of hydrogen-bond acceptors (Lipinski definition) is 7. The summed E-state index contributed by atoms with van der Waals surface area (Å²) in [5, 5.41) is 30.6. The topological polar surface area (TPSA) is 121 Å². The van der Waals surface area contributed by atoms with E-state index in [1.54, 1.807) is 0 Å². The Morgan fingerprint density at radius 1 is 1.03 bits per heavy atom. The Labute approximate surface area is 166 Å². The quantitative estimate of drug-likeness (QED) is 0.457. The van der Waals surface area contributed by atoms with E-state index in [4.69, 9.17) is 4.74 Å². The minimum atomic E-state index is -0.840. The van der Waals surface area contributed by atoms with Crippen LogP contribution in [0.3, 0.4) is 0 Å². The van der Waals surface area contributed by atoms with Crippen molar-refractivity contribution in [3.63, 3.8) is 0 Å². The number of phenols is 3. The van der Waals surface area contributed by atoms with Crippen LogP contribution in [0.25, 0.3) is 0 Å². The van der Waals surface area contributed by atoms with Gasteiger partial charge in [-0.1, -0.05) is 18.6 Å². The van der Waals surface area contributed by atoms with E-state index in [9.17, 15) is 29.7 Å². The molecule has 0 aliphatic heterocycles. The van der Waals surface area contributed by atoms with Crippen molar-refractivity contribution in [3.05, 3.63) is 63.2 Å². The number of carbonyl (C=O) groups excluding carboxylic acids is 3. The molecule has 0 aromatic heterocycles. The Morgan fingerprint density at radius 3 is 2.28 bits per heavy atom. The van der Waals surface area contributed by atoms with E-state index < -0.39 is 29.0 Å². The molecule has 2 aromatic carbocycles. The van der Waals surface area contributed by atoms with Crippen LogP contribution in [0.1, 0.15) is 68.0 Å². The average molecular weight is 396 g/mol. The van der Waals surface area contributed by atoms with Gasteiger partial charge in [-0.2, -0.15) is 0 Å². The first-order valence-corrected chi connectivity index (χ1v) is 9.01. The molecule has 0 atom stereocenters. The lowest BCUT2D eigenvalue weighted by Gasteiger charge is -2.22. The van der Waals surface area contributed by atoms with Crippen LogP contribution in [-0.2, 0) is 11.2 Å². The summed E-state index contributed by atoms with van der Waals surface area (Å²) < 4.78 is 4.77. The minimum Gasteiger partial charge on any atom is -0.508 e. The van der Waals surface area contributed by atoms with Crippen LogP contribution in [0.2, 0.25) is 0 Å². The summed E-state index contributed by atoms with van der Waals surface area (Å²) >= 11 is 0. The van der Waals surface area contributed by atoms with Crippen LogP contribution in [-0.4, -0.2) is 40.0 Å². The molecule has 0 heterocycles. The number of carbonyl (C=O) groups is 3. The van der Waals surface area contributed by atoms with Crippen molar-refractivity contribution in [2.24, 2.45) is 0 Å². The molecule has 0 saturated carbocycles. The van der Waals surface area contributed by atoms with E-state index in [0.717, 1.165) is 24.8 Å². The molecule has 7 heteroatoms. The van der Waals surface area contributed by atoms with Crippen LogP contribution in [0.4, 0.5) is 0 Å². The highest BCUT2D eigenvalue weighted by molar-refractivity contribution is 6.31. The summed E-state index contributed by atoms with van der Waals surface area (Å²) in [6, 6.07) is 3.42. The van der Waals surface area contributed by atoms with Crippen LogP contribution < -0.4 is 0 Å². The van der Waals surface area contributed by atoms with Gasteiger partial charge in [0, 0.05) is 17.2 Å². The summed E-state index contributed by atoms with van der Waals surface area (Å²) in [4.78, 5) is 38.4. The highest BCUT2D eigenvalue weighted by Gasteiger charge is 2.37. The molecular weight excluding hydrogens is 376 g/mol. The average Bonchev–Trinajstić information content (AvgIpc) is 2.68. The largest absolute Gasteiger partial charge is 0.508 e.